The van der Waals surface area contributed by atoms with E-state index in [4.69, 9.17) is 4.74 Å². The average Bonchev–Trinajstić information content (AvgIpc) is 2.31. The number of benzene rings is 1. The SMILES string of the molecule is COC(=O)Cc1ccc(C(OC)C(C)C)cc1. The van der Waals surface area contributed by atoms with Crippen LogP contribution in [0.4, 0.5) is 0 Å². The quantitative estimate of drug-likeness (QED) is 0.737. The number of methoxy groups -OCH3 is 2. The van der Waals surface area contributed by atoms with Crippen LogP contribution < -0.4 is 0 Å². The fraction of sp³-hybridized carbons (Fsp3) is 0.500. The standard InChI is InChI=1S/C14H20O3/c1-10(2)14(17-4)12-7-5-11(6-8-12)9-13(15)16-3/h5-8,10,14H,9H2,1-4H3. The Balaban J connectivity index is 2.76. The summed E-state index contributed by atoms with van der Waals surface area (Å²) in [6.07, 6.45) is 0.415. The van der Waals surface area contributed by atoms with E-state index in [0.717, 1.165) is 11.1 Å². The van der Waals surface area contributed by atoms with E-state index in [0.29, 0.717) is 12.3 Å². The van der Waals surface area contributed by atoms with E-state index in [1.807, 2.05) is 24.3 Å². The first kappa shape index (κ1) is 13.7. The molecule has 0 aliphatic rings. The minimum Gasteiger partial charge on any atom is -0.469 e. The van der Waals surface area contributed by atoms with Gasteiger partial charge in [-0.05, 0) is 17.0 Å². The van der Waals surface area contributed by atoms with Gasteiger partial charge in [0.25, 0.3) is 0 Å². The summed E-state index contributed by atoms with van der Waals surface area (Å²) in [5, 5.41) is 0. The zero-order valence-corrected chi connectivity index (χ0v) is 10.9. The van der Waals surface area contributed by atoms with Crippen LogP contribution in [0.1, 0.15) is 31.1 Å². The van der Waals surface area contributed by atoms with Crippen LogP contribution in [0.5, 0.6) is 0 Å². The molecule has 1 aromatic rings. The highest BCUT2D eigenvalue weighted by molar-refractivity contribution is 5.72. The Labute approximate surface area is 103 Å². The van der Waals surface area contributed by atoms with Crippen molar-refractivity contribution >= 4 is 5.97 Å². The number of hydrogen-bond donors (Lipinski definition) is 0. The third kappa shape index (κ3) is 3.86. The molecule has 1 atom stereocenters. The lowest BCUT2D eigenvalue weighted by Gasteiger charge is -2.19. The number of carbonyl (C=O) groups excluding carboxylic acids is 1. The third-order valence-corrected chi connectivity index (χ3v) is 2.74. The summed E-state index contributed by atoms with van der Waals surface area (Å²) in [4.78, 5) is 11.1. The lowest BCUT2D eigenvalue weighted by atomic mass is 9.97. The molecule has 1 rings (SSSR count). The second kappa shape index (κ2) is 6.40. The predicted molar refractivity (Wildman–Crippen MR) is 66.8 cm³/mol. The first-order chi connectivity index (χ1) is 8.08. The summed E-state index contributed by atoms with van der Waals surface area (Å²) < 4.78 is 10.1. The molecule has 3 heteroatoms. The van der Waals surface area contributed by atoms with Crippen LogP contribution >= 0.6 is 0 Å². The first-order valence-corrected chi connectivity index (χ1v) is 5.77. The van der Waals surface area contributed by atoms with Crippen molar-refractivity contribution in [1.29, 1.82) is 0 Å². The summed E-state index contributed by atoms with van der Waals surface area (Å²) in [5.41, 5.74) is 2.09. The van der Waals surface area contributed by atoms with Crippen LogP contribution in [0.15, 0.2) is 24.3 Å². The number of hydrogen-bond acceptors (Lipinski definition) is 3. The summed E-state index contributed by atoms with van der Waals surface area (Å²) in [6, 6.07) is 7.90. The molecule has 0 heterocycles. The summed E-state index contributed by atoms with van der Waals surface area (Å²) in [6.45, 7) is 4.24. The van der Waals surface area contributed by atoms with Gasteiger partial charge in [-0.3, -0.25) is 4.79 Å². The van der Waals surface area contributed by atoms with Crippen molar-refractivity contribution < 1.29 is 14.3 Å². The van der Waals surface area contributed by atoms with Crippen molar-refractivity contribution in [2.75, 3.05) is 14.2 Å². The van der Waals surface area contributed by atoms with E-state index in [9.17, 15) is 4.79 Å². The van der Waals surface area contributed by atoms with Gasteiger partial charge < -0.3 is 9.47 Å². The molecule has 3 nitrogen and oxygen atoms in total. The molecule has 0 N–H and O–H groups in total. The van der Waals surface area contributed by atoms with E-state index in [1.165, 1.54) is 7.11 Å². The fourth-order valence-corrected chi connectivity index (χ4v) is 1.86. The normalized spacial score (nSPS) is 12.5. The van der Waals surface area contributed by atoms with Crippen LogP contribution in [0, 0.1) is 5.92 Å². The Morgan fingerprint density at radius 2 is 1.76 bits per heavy atom. The first-order valence-electron chi connectivity index (χ1n) is 5.77. The lowest BCUT2D eigenvalue weighted by molar-refractivity contribution is -0.139. The molecule has 94 valence electrons. The molecule has 0 spiro atoms. The molecule has 0 aromatic heterocycles. The van der Waals surface area contributed by atoms with E-state index in [-0.39, 0.29) is 12.1 Å². The van der Waals surface area contributed by atoms with Crippen molar-refractivity contribution in [3.05, 3.63) is 35.4 Å². The van der Waals surface area contributed by atoms with Gasteiger partial charge in [-0.1, -0.05) is 38.1 Å². The van der Waals surface area contributed by atoms with Crippen LogP contribution in [-0.2, 0) is 20.7 Å². The fourth-order valence-electron chi connectivity index (χ4n) is 1.86. The van der Waals surface area contributed by atoms with E-state index < -0.39 is 0 Å². The largest absolute Gasteiger partial charge is 0.469 e. The minimum atomic E-state index is -0.218. The molecule has 0 bridgehead atoms. The van der Waals surface area contributed by atoms with Gasteiger partial charge in [0.15, 0.2) is 0 Å². The maximum Gasteiger partial charge on any atom is 0.309 e. The van der Waals surface area contributed by atoms with Crippen LogP contribution in [-0.4, -0.2) is 20.2 Å². The monoisotopic (exact) mass is 236 g/mol. The molecule has 0 saturated heterocycles. The summed E-state index contributed by atoms with van der Waals surface area (Å²) in [5.74, 6) is 0.205. The average molecular weight is 236 g/mol. The molecule has 0 saturated carbocycles. The maximum absolute atomic E-state index is 11.1. The van der Waals surface area contributed by atoms with Gasteiger partial charge in [0.1, 0.15) is 0 Å². The topological polar surface area (TPSA) is 35.5 Å². The van der Waals surface area contributed by atoms with Crippen molar-refractivity contribution in [1.82, 2.24) is 0 Å². The van der Waals surface area contributed by atoms with E-state index in [1.54, 1.807) is 7.11 Å². The molecule has 17 heavy (non-hydrogen) atoms. The van der Waals surface area contributed by atoms with Gasteiger partial charge in [0.05, 0.1) is 19.6 Å². The second-order valence-electron chi connectivity index (χ2n) is 4.39. The molecule has 1 unspecified atom stereocenters. The second-order valence-corrected chi connectivity index (χ2v) is 4.39. The molecule has 0 amide bonds. The van der Waals surface area contributed by atoms with Crippen molar-refractivity contribution in [2.45, 2.75) is 26.4 Å². The third-order valence-electron chi connectivity index (χ3n) is 2.74. The highest BCUT2D eigenvalue weighted by Gasteiger charge is 2.14. The summed E-state index contributed by atoms with van der Waals surface area (Å²) in [7, 11) is 3.11. The molecular formula is C14H20O3. The zero-order chi connectivity index (χ0) is 12.8. The number of esters is 1. The van der Waals surface area contributed by atoms with Gasteiger partial charge in [0.2, 0.25) is 0 Å². The maximum atomic E-state index is 11.1. The van der Waals surface area contributed by atoms with Gasteiger partial charge in [-0.2, -0.15) is 0 Å². The lowest BCUT2D eigenvalue weighted by Crippen LogP contribution is -2.09. The Kier molecular flexibility index (Phi) is 5.16. The zero-order valence-electron chi connectivity index (χ0n) is 10.9. The van der Waals surface area contributed by atoms with E-state index >= 15 is 0 Å². The van der Waals surface area contributed by atoms with Gasteiger partial charge in [0, 0.05) is 7.11 Å². The van der Waals surface area contributed by atoms with Crippen molar-refractivity contribution in [3.63, 3.8) is 0 Å². The molecular weight excluding hydrogens is 216 g/mol. The van der Waals surface area contributed by atoms with Gasteiger partial charge >= 0.3 is 5.97 Å². The van der Waals surface area contributed by atoms with Gasteiger partial charge in [-0.25, -0.2) is 0 Å². The molecule has 0 aliphatic carbocycles. The molecule has 1 aromatic carbocycles. The number of ether oxygens (including phenoxy) is 2. The predicted octanol–water partition coefficient (Wildman–Crippen LogP) is 2.75. The Hall–Kier alpha value is -1.35. The Bertz CT molecular complexity index is 354. The van der Waals surface area contributed by atoms with E-state index in [2.05, 4.69) is 18.6 Å². The molecule has 0 radical (unpaired) electrons. The van der Waals surface area contributed by atoms with Crippen LogP contribution in [0.2, 0.25) is 0 Å². The highest BCUT2D eigenvalue weighted by Crippen LogP contribution is 2.25. The van der Waals surface area contributed by atoms with Gasteiger partial charge in [-0.15, -0.1) is 0 Å². The van der Waals surface area contributed by atoms with Crippen molar-refractivity contribution in [2.24, 2.45) is 5.92 Å². The minimum absolute atomic E-state index is 0.0992. The number of carbonyl (C=O) groups is 1. The smallest absolute Gasteiger partial charge is 0.309 e. The van der Waals surface area contributed by atoms with Crippen molar-refractivity contribution in [3.8, 4) is 0 Å². The number of rotatable bonds is 5. The summed E-state index contributed by atoms with van der Waals surface area (Å²) >= 11 is 0. The van der Waals surface area contributed by atoms with Crippen LogP contribution in [0.25, 0.3) is 0 Å². The molecule has 0 aliphatic heterocycles. The highest BCUT2D eigenvalue weighted by atomic mass is 16.5. The Morgan fingerprint density at radius 1 is 1.18 bits per heavy atom. The molecule has 0 fully saturated rings. The Morgan fingerprint density at radius 3 is 2.18 bits per heavy atom. The van der Waals surface area contributed by atoms with Crippen LogP contribution in [0.3, 0.4) is 0 Å².